The third-order valence-electron chi connectivity index (χ3n) is 7.53. The van der Waals surface area contributed by atoms with Crippen molar-refractivity contribution in [2.45, 2.75) is 90.9 Å². The van der Waals surface area contributed by atoms with Gasteiger partial charge in [0.1, 0.15) is 11.5 Å². The molecular formula is C32H48N2O4. The number of hydrogen-bond acceptors (Lipinski definition) is 4. The number of hydrogen-bond donors (Lipinski definition) is 2. The Morgan fingerprint density at radius 2 is 0.947 bits per heavy atom. The fourth-order valence-corrected chi connectivity index (χ4v) is 3.87. The summed E-state index contributed by atoms with van der Waals surface area (Å²) in [5.74, 6) is 1.19. The molecule has 2 rings (SSSR count). The van der Waals surface area contributed by atoms with Crippen molar-refractivity contribution >= 4 is 11.8 Å². The van der Waals surface area contributed by atoms with E-state index in [1.165, 1.54) is 11.1 Å². The molecule has 0 heterocycles. The van der Waals surface area contributed by atoms with Crippen molar-refractivity contribution in [3.05, 3.63) is 59.7 Å². The van der Waals surface area contributed by atoms with Crippen molar-refractivity contribution in [3.8, 4) is 11.5 Å². The smallest absolute Gasteiger partial charge is 0.257 e. The summed E-state index contributed by atoms with van der Waals surface area (Å²) >= 11 is 0. The summed E-state index contributed by atoms with van der Waals surface area (Å²) in [6.07, 6.45) is 5.90. The maximum Gasteiger partial charge on any atom is 0.257 e. The van der Waals surface area contributed by atoms with Crippen molar-refractivity contribution in [3.63, 3.8) is 0 Å². The molecule has 0 spiro atoms. The molecule has 38 heavy (non-hydrogen) atoms. The summed E-state index contributed by atoms with van der Waals surface area (Å²) in [5.41, 5.74) is 2.80. The zero-order valence-corrected chi connectivity index (χ0v) is 24.3. The molecule has 0 saturated carbocycles. The molecule has 0 radical (unpaired) electrons. The highest BCUT2D eigenvalue weighted by Gasteiger charge is 2.18. The first-order chi connectivity index (χ1) is 18.1. The van der Waals surface area contributed by atoms with Gasteiger partial charge in [-0.05, 0) is 71.9 Å². The largest absolute Gasteiger partial charge is 0.484 e. The Morgan fingerprint density at radius 3 is 1.26 bits per heavy atom. The van der Waals surface area contributed by atoms with Crippen LogP contribution in [-0.4, -0.2) is 38.1 Å². The van der Waals surface area contributed by atoms with E-state index in [0.717, 1.165) is 38.5 Å². The minimum Gasteiger partial charge on any atom is -0.484 e. The van der Waals surface area contributed by atoms with E-state index in [2.05, 4.69) is 76.4 Å². The molecule has 2 amide bonds. The number of carbonyl (C=O) groups is 2. The molecule has 0 saturated heterocycles. The quantitative estimate of drug-likeness (QED) is 0.238. The molecule has 0 atom stereocenters. The van der Waals surface area contributed by atoms with Gasteiger partial charge in [-0.2, -0.15) is 0 Å². The molecule has 210 valence electrons. The first kappa shape index (κ1) is 31.2. The monoisotopic (exact) mass is 524 g/mol. The first-order valence-corrected chi connectivity index (χ1v) is 14.1. The number of ether oxygens (including phenoxy) is 2. The second-order valence-corrected chi connectivity index (χ2v) is 11.2. The Bertz CT molecular complexity index is 900. The minimum absolute atomic E-state index is 0.0193. The van der Waals surface area contributed by atoms with Crippen LogP contribution in [0.4, 0.5) is 0 Å². The second kappa shape index (κ2) is 15.4. The van der Waals surface area contributed by atoms with Crippen molar-refractivity contribution in [1.29, 1.82) is 0 Å². The van der Waals surface area contributed by atoms with Crippen molar-refractivity contribution in [2.24, 2.45) is 0 Å². The fraction of sp³-hybridized carbons (Fsp3) is 0.562. The van der Waals surface area contributed by atoms with E-state index in [9.17, 15) is 9.59 Å². The van der Waals surface area contributed by atoms with E-state index in [1.54, 1.807) is 0 Å². The number of unbranched alkanes of at least 4 members (excludes halogenated alkanes) is 3. The Balaban J connectivity index is 1.49. The molecule has 0 bridgehead atoms. The second-order valence-electron chi connectivity index (χ2n) is 11.2. The molecule has 6 heteroatoms. The van der Waals surface area contributed by atoms with Gasteiger partial charge < -0.3 is 20.1 Å². The SMILES string of the molecule is CCC(C)(C)c1ccc(OCC(=O)NCCCCCCNC(=O)COc2ccc(C(C)(C)CC)cc2)cc1. The average Bonchev–Trinajstić information content (AvgIpc) is 2.92. The van der Waals surface area contributed by atoms with Crippen LogP contribution < -0.4 is 20.1 Å². The number of amides is 2. The van der Waals surface area contributed by atoms with Crippen LogP contribution in [0.15, 0.2) is 48.5 Å². The van der Waals surface area contributed by atoms with E-state index in [4.69, 9.17) is 9.47 Å². The van der Waals surface area contributed by atoms with Crippen LogP contribution in [0.1, 0.15) is 91.2 Å². The Morgan fingerprint density at radius 1 is 0.605 bits per heavy atom. The predicted molar refractivity (Wildman–Crippen MR) is 155 cm³/mol. The van der Waals surface area contributed by atoms with E-state index >= 15 is 0 Å². The van der Waals surface area contributed by atoms with Crippen LogP contribution in [0.25, 0.3) is 0 Å². The molecule has 2 aromatic rings. The first-order valence-electron chi connectivity index (χ1n) is 14.1. The topological polar surface area (TPSA) is 76.7 Å². The van der Waals surface area contributed by atoms with Gasteiger partial charge in [0.15, 0.2) is 13.2 Å². The molecule has 6 nitrogen and oxygen atoms in total. The third kappa shape index (κ3) is 10.8. The molecule has 0 aliphatic heterocycles. The Hall–Kier alpha value is -3.02. The van der Waals surface area contributed by atoms with Gasteiger partial charge in [-0.1, -0.05) is 78.6 Å². The number of rotatable bonds is 17. The molecule has 0 aliphatic rings. The normalized spacial score (nSPS) is 11.6. The van der Waals surface area contributed by atoms with Gasteiger partial charge >= 0.3 is 0 Å². The molecule has 2 N–H and O–H groups in total. The van der Waals surface area contributed by atoms with Crippen LogP contribution in [-0.2, 0) is 20.4 Å². The maximum atomic E-state index is 12.0. The van der Waals surface area contributed by atoms with Gasteiger partial charge in [0, 0.05) is 13.1 Å². The lowest BCUT2D eigenvalue weighted by atomic mass is 9.82. The summed E-state index contributed by atoms with van der Waals surface area (Å²) < 4.78 is 11.2. The van der Waals surface area contributed by atoms with Gasteiger partial charge in [-0.25, -0.2) is 0 Å². The Labute approximate surface area is 229 Å². The molecular weight excluding hydrogens is 476 g/mol. The zero-order valence-electron chi connectivity index (χ0n) is 24.3. The summed E-state index contributed by atoms with van der Waals surface area (Å²) in [6.45, 7) is 14.5. The van der Waals surface area contributed by atoms with E-state index in [1.807, 2.05) is 24.3 Å². The standard InChI is InChI=1S/C32H48N2O4/c1-7-31(3,4)25-13-17-27(18-14-25)37-23-29(35)33-21-11-9-10-12-22-34-30(36)24-38-28-19-15-26(16-20-28)32(5,6)8-2/h13-20H,7-12,21-24H2,1-6H3,(H,33,35)(H,34,36). The van der Waals surface area contributed by atoms with E-state index < -0.39 is 0 Å². The minimum atomic E-state index is -0.112. The van der Waals surface area contributed by atoms with Crippen LogP contribution in [0, 0.1) is 0 Å². The highest BCUT2D eigenvalue weighted by molar-refractivity contribution is 5.77. The summed E-state index contributed by atoms with van der Waals surface area (Å²) in [6, 6.07) is 16.0. The average molecular weight is 525 g/mol. The van der Waals surface area contributed by atoms with Gasteiger partial charge in [-0.15, -0.1) is 0 Å². The summed E-state index contributed by atoms with van der Waals surface area (Å²) in [5, 5.41) is 5.81. The number of carbonyl (C=O) groups excluding carboxylic acids is 2. The van der Waals surface area contributed by atoms with Crippen LogP contribution >= 0.6 is 0 Å². The van der Waals surface area contributed by atoms with Crippen LogP contribution in [0.5, 0.6) is 11.5 Å². The molecule has 2 aromatic carbocycles. The number of nitrogens with one attached hydrogen (secondary N) is 2. The van der Waals surface area contributed by atoms with Crippen LogP contribution in [0.3, 0.4) is 0 Å². The van der Waals surface area contributed by atoms with Crippen molar-refractivity contribution in [1.82, 2.24) is 10.6 Å². The Kier molecular flexibility index (Phi) is 12.6. The van der Waals surface area contributed by atoms with Crippen molar-refractivity contribution < 1.29 is 19.1 Å². The zero-order chi connectivity index (χ0) is 28.0. The fourth-order valence-electron chi connectivity index (χ4n) is 3.87. The molecule has 0 unspecified atom stereocenters. The highest BCUT2D eigenvalue weighted by Crippen LogP contribution is 2.29. The van der Waals surface area contributed by atoms with Crippen LogP contribution in [0.2, 0.25) is 0 Å². The summed E-state index contributed by atoms with van der Waals surface area (Å²) in [4.78, 5) is 24.1. The van der Waals surface area contributed by atoms with Gasteiger partial charge in [0.25, 0.3) is 11.8 Å². The lowest BCUT2D eigenvalue weighted by Gasteiger charge is -2.23. The van der Waals surface area contributed by atoms with Crippen molar-refractivity contribution in [2.75, 3.05) is 26.3 Å². The van der Waals surface area contributed by atoms with Gasteiger partial charge in [-0.3, -0.25) is 9.59 Å². The van der Waals surface area contributed by atoms with E-state index in [0.29, 0.717) is 24.6 Å². The molecule has 0 fully saturated rings. The van der Waals surface area contributed by atoms with E-state index in [-0.39, 0.29) is 35.9 Å². The lowest BCUT2D eigenvalue weighted by molar-refractivity contribution is -0.123. The van der Waals surface area contributed by atoms with Gasteiger partial charge in [0.2, 0.25) is 0 Å². The molecule has 0 aromatic heterocycles. The maximum absolute atomic E-state index is 12.0. The predicted octanol–water partition coefficient (Wildman–Crippen LogP) is 6.31. The lowest BCUT2D eigenvalue weighted by Crippen LogP contribution is -2.30. The third-order valence-corrected chi connectivity index (χ3v) is 7.53. The summed E-state index contributed by atoms with van der Waals surface area (Å²) in [7, 11) is 0. The highest BCUT2D eigenvalue weighted by atomic mass is 16.5. The van der Waals surface area contributed by atoms with Gasteiger partial charge in [0.05, 0.1) is 0 Å². The number of benzene rings is 2. The molecule has 0 aliphatic carbocycles.